The van der Waals surface area contributed by atoms with Crippen LogP contribution in [0.1, 0.15) is 26.2 Å². The van der Waals surface area contributed by atoms with Gasteiger partial charge in [0.25, 0.3) is 0 Å². The zero-order valence-electron chi connectivity index (χ0n) is 10.6. The zero-order valence-corrected chi connectivity index (χ0v) is 10.6. The molecule has 0 saturated carbocycles. The third-order valence-corrected chi connectivity index (χ3v) is 3.58. The van der Waals surface area contributed by atoms with Crippen molar-refractivity contribution < 1.29 is 9.18 Å². The van der Waals surface area contributed by atoms with Crippen LogP contribution in [-0.2, 0) is 4.79 Å². The SMILES string of the molecule is CCCC1(C(=O)Nc2ccccc2F)CCNC1. The molecule has 0 spiro atoms. The minimum absolute atomic E-state index is 0.0700. The highest BCUT2D eigenvalue weighted by Gasteiger charge is 2.40. The lowest BCUT2D eigenvalue weighted by Crippen LogP contribution is -2.38. The van der Waals surface area contributed by atoms with Gasteiger partial charge in [-0.1, -0.05) is 25.5 Å². The number of benzene rings is 1. The van der Waals surface area contributed by atoms with Crippen LogP contribution in [0.25, 0.3) is 0 Å². The molecule has 1 aliphatic rings. The van der Waals surface area contributed by atoms with Crippen LogP contribution in [0.3, 0.4) is 0 Å². The molecule has 0 aromatic heterocycles. The summed E-state index contributed by atoms with van der Waals surface area (Å²) in [5.41, 5.74) is -0.110. The van der Waals surface area contributed by atoms with Gasteiger partial charge in [0, 0.05) is 6.54 Å². The van der Waals surface area contributed by atoms with Crippen molar-refractivity contribution in [2.45, 2.75) is 26.2 Å². The van der Waals surface area contributed by atoms with Crippen LogP contribution >= 0.6 is 0 Å². The first-order chi connectivity index (χ1) is 8.68. The molecule has 1 aromatic carbocycles. The Kier molecular flexibility index (Phi) is 3.97. The molecule has 18 heavy (non-hydrogen) atoms. The molecule has 0 aliphatic carbocycles. The third kappa shape index (κ3) is 2.53. The van der Waals surface area contributed by atoms with Crippen molar-refractivity contribution in [3.8, 4) is 0 Å². The lowest BCUT2D eigenvalue weighted by atomic mass is 9.81. The van der Waals surface area contributed by atoms with Gasteiger partial charge in [0.15, 0.2) is 0 Å². The van der Waals surface area contributed by atoms with E-state index in [-0.39, 0.29) is 22.8 Å². The number of amides is 1. The predicted octanol–water partition coefficient (Wildman–Crippen LogP) is 2.54. The van der Waals surface area contributed by atoms with Crippen molar-refractivity contribution in [2.75, 3.05) is 18.4 Å². The zero-order chi connectivity index (χ0) is 13.0. The van der Waals surface area contributed by atoms with Crippen LogP contribution in [-0.4, -0.2) is 19.0 Å². The maximum absolute atomic E-state index is 13.5. The Labute approximate surface area is 107 Å². The molecule has 4 heteroatoms. The molecule has 1 aromatic rings. The molecule has 1 saturated heterocycles. The minimum Gasteiger partial charge on any atom is -0.323 e. The van der Waals surface area contributed by atoms with Crippen molar-refractivity contribution >= 4 is 11.6 Å². The van der Waals surface area contributed by atoms with Crippen LogP contribution in [0, 0.1) is 11.2 Å². The molecular weight excluding hydrogens is 231 g/mol. The average molecular weight is 250 g/mol. The molecule has 1 aliphatic heterocycles. The van der Waals surface area contributed by atoms with E-state index in [1.807, 2.05) is 0 Å². The molecule has 2 N–H and O–H groups in total. The summed E-state index contributed by atoms with van der Waals surface area (Å²) < 4.78 is 13.5. The van der Waals surface area contributed by atoms with Crippen molar-refractivity contribution in [1.29, 1.82) is 0 Å². The van der Waals surface area contributed by atoms with Crippen molar-refractivity contribution in [1.82, 2.24) is 5.32 Å². The molecule has 1 unspecified atom stereocenters. The van der Waals surface area contributed by atoms with Crippen LogP contribution < -0.4 is 10.6 Å². The number of hydrogen-bond acceptors (Lipinski definition) is 2. The van der Waals surface area contributed by atoms with E-state index in [4.69, 9.17) is 0 Å². The predicted molar refractivity (Wildman–Crippen MR) is 69.9 cm³/mol. The lowest BCUT2D eigenvalue weighted by Gasteiger charge is -2.26. The molecule has 3 nitrogen and oxygen atoms in total. The normalized spacial score (nSPS) is 23.0. The van der Waals surface area contributed by atoms with Gasteiger partial charge in [-0.15, -0.1) is 0 Å². The smallest absolute Gasteiger partial charge is 0.232 e. The van der Waals surface area contributed by atoms with Gasteiger partial charge in [0.05, 0.1) is 11.1 Å². The summed E-state index contributed by atoms with van der Waals surface area (Å²) in [4.78, 5) is 12.4. The highest BCUT2D eigenvalue weighted by molar-refractivity contribution is 5.95. The Balaban J connectivity index is 2.13. The number of nitrogens with one attached hydrogen (secondary N) is 2. The van der Waals surface area contributed by atoms with Crippen LogP contribution in [0.2, 0.25) is 0 Å². The molecule has 1 heterocycles. The van der Waals surface area contributed by atoms with Gasteiger partial charge in [0.1, 0.15) is 5.82 Å². The number of carbonyl (C=O) groups excluding carboxylic acids is 1. The second kappa shape index (κ2) is 5.48. The first kappa shape index (κ1) is 13.0. The number of halogens is 1. The average Bonchev–Trinajstić information content (AvgIpc) is 2.82. The molecule has 0 bridgehead atoms. The topological polar surface area (TPSA) is 41.1 Å². The Hall–Kier alpha value is -1.42. The maximum atomic E-state index is 13.5. The van der Waals surface area contributed by atoms with Gasteiger partial charge in [0.2, 0.25) is 5.91 Å². The van der Waals surface area contributed by atoms with Crippen molar-refractivity contribution in [3.63, 3.8) is 0 Å². The fourth-order valence-corrected chi connectivity index (χ4v) is 2.56. The second-order valence-electron chi connectivity index (χ2n) is 4.89. The maximum Gasteiger partial charge on any atom is 0.232 e. The summed E-state index contributed by atoms with van der Waals surface area (Å²) in [7, 11) is 0. The van der Waals surface area contributed by atoms with E-state index >= 15 is 0 Å². The quantitative estimate of drug-likeness (QED) is 0.862. The fraction of sp³-hybridized carbons (Fsp3) is 0.500. The number of rotatable bonds is 4. The molecule has 1 fully saturated rings. The molecule has 1 amide bonds. The molecule has 1 atom stereocenters. The van der Waals surface area contributed by atoms with E-state index in [2.05, 4.69) is 17.6 Å². The number of anilines is 1. The number of para-hydroxylation sites is 1. The summed E-state index contributed by atoms with van der Waals surface area (Å²) in [6, 6.07) is 6.28. The van der Waals surface area contributed by atoms with Gasteiger partial charge in [-0.2, -0.15) is 0 Å². The van der Waals surface area contributed by atoms with E-state index in [1.165, 1.54) is 6.07 Å². The van der Waals surface area contributed by atoms with Crippen LogP contribution in [0.15, 0.2) is 24.3 Å². The Morgan fingerprint density at radius 1 is 1.50 bits per heavy atom. The summed E-state index contributed by atoms with van der Waals surface area (Å²) in [6.07, 6.45) is 2.60. The van der Waals surface area contributed by atoms with E-state index in [0.29, 0.717) is 6.54 Å². The molecule has 2 rings (SSSR count). The van der Waals surface area contributed by atoms with Gasteiger partial charge < -0.3 is 10.6 Å². The van der Waals surface area contributed by atoms with E-state index in [9.17, 15) is 9.18 Å². The molecule has 0 radical (unpaired) electrons. The van der Waals surface area contributed by atoms with E-state index in [1.54, 1.807) is 18.2 Å². The number of carbonyl (C=O) groups is 1. The van der Waals surface area contributed by atoms with Crippen molar-refractivity contribution in [2.24, 2.45) is 5.41 Å². The Bertz CT molecular complexity index is 428. The first-order valence-corrected chi connectivity index (χ1v) is 6.45. The largest absolute Gasteiger partial charge is 0.323 e. The first-order valence-electron chi connectivity index (χ1n) is 6.45. The molecular formula is C14H19FN2O. The summed E-state index contributed by atoms with van der Waals surface area (Å²) >= 11 is 0. The lowest BCUT2D eigenvalue weighted by molar-refractivity contribution is -0.125. The fourth-order valence-electron chi connectivity index (χ4n) is 2.56. The monoisotopic (exact) mass is 250 g/mol. The molecule has 98 valence electrons. The summed E-state index contributed by atoms with van der Waals surface area (Å²) in [5.74, 6) is -0.456. The standard InChI is InChI=1S/C14H19FN2O/c1-2-7-14(8-9-16-10-14)13(18)17-12-6-4-3-5-11(12)15/h3-6,16H,2,7-10H2,1H3,(H,17,18). The minimum atomic E-state index is -0.386. The van der Waals surface area contributed by atoms with E-state index in [0.717, 1.165) is 25.8 Å². The van der Waals surface area contributed by atoms with Gasteiger partial charge >= 0.3 is 0 Å². The third-order valence-electron chi connectivity index (χ3n) is 3.58. The Morgan fingerprint density at radius 3 is 2.89 bits per heavy atom. The van der Waals surface area contributed by atoms with Crippen molar-refractivity contribution in [3.05, 3.63) is 30.1 Å². The summed E-state index contributed by atoms with van der Waals surface area (Å²) in [5, 5.41) is 5.95. The second-order valence-corrected chi connectivity index (χ2v) is 4.89. The van der Waals surface area contributed by atoms with Crippen LogP contribution in [0.4, 0.5) is 10.1 Å². The highest BCUT2D eigenvalue weighted by Crippen LogP contribution is 2.32. The van der Waals surface area contributed by atoms with E-state index < -0.39 is 0 Å². The van der Waals surface area contributed by atoms with Gasteiger partial charge in [-0.25, -0.2) is 4.39 Å². The Morgan fingerprint density at radius 2 is 2.28 bits per heavy atom. The van der Waals surface area contributed by atoms with Gasteiger partial charge in [-0.3, -0.25) is 4.79 Å². The summed E-state index contributed by atoms with van der Waals surface area (Å²) in [6.45, 7) is 3.60. The highest BCUT2D eigenvalue weighted by atomic mass is 19.1. The van der Waals surface area contributed by atoms with Crippen LogP contribution in [0.5, 0.6) is 0 Å². The van der Waals surface area contributed by atoms with Gasteiger partial charge in [-0.05, 0) is 31.5 Å². The number of hydrogen-bond donors (Lipinski definition) is 2.